The second-order valence-electron chi connectivity index (χ2n) is 5.95. The molecule has 1 aliphatic carbocycles. The molecule has 3 nitrogen and oxygen atoms in total. The zero-order chi connectivity index (χ0) is 15.9. The first-order valence-electron chi connectivity index (χ1n) is 7.20. The van der Waals surface area contributed by atoms with Crippen molar-refractivity contribution in [2.75, 3.05) is 13.1 Å². The van der Waals surface area contributed by atoms with Crippen LogP contribution in [0.25, 0.3) is 0 Å². The van der Waals surface area contributed by atoms with Gasteiger partial charge in [0, 0.05) is 6.04 Å². The molecule has 7 heteroatoms. The fourth-order valence-electron chi connectivity index (χ4n) is 3.24. The van der Waals surface area contributed by atoms with Crippen molar-refractivity contribution < 1.29 is 18.0 Å². The molecule has 1 aliphatic heterocycles. The molecule has 3 atom stereocenters. The molecule has 1 unspecified atom stereocenters. The molecule has 1 amide bonds. The molecular formula is C15H16BF3N2O. The summed E-state index contributed by atoms with van der Waals surface area (Å²) in [5.74, 6) is 0.769. The highest BCUT2D eigenvalue weighted by atomic mass is 19.4. The van der Waals surface area contributed by atoms with Gasteiger partial charge in [-0.3, -0.25) is 4.79 Å². The van der Waals surface area contributed by atoms with Crippen LogP contribution in [0.15, 0.2) is 36.9 Å². The van der Waals surface area contributed by atoms with Gasteiger partial charge in [0.05, 0.1) is 5.56 Å². The van der Waals surface area contributed by atoms with Crippen molar-refractivity contribution in [3.05, 3.63) is 42.5 Å². The van der Waals surface area contributed by atoms with E-state index >= 15 is 0 Å². The molecule has 1 aromatic carbocycles. The third-order valence-electron chi connectivity index (χ3n) is 4.45. The lowest BCUT2D eigenvalue weighted by Gasteiger charge is -2.19. The van der Waals surface area contributed by atoms with E-state index in [2.05, 4.69) is 16.7 Å². The number of halogens is 3. The Hall–Kier alpha value is -1.76. The van der Waals surface area contributed by atoms with Gasteiger partial charge < -0.3 is 10.1 Å². The first-order chi connectivity index (χ1) is 10.4. The zero-order valence-electron chi connectivity index (χ0n) is 11.9. The Bertz CT molecular complexity index is 575. The smallest absolute Gasteiger partial charge is 0.349 e. The minimum absolute atomic E-state index is 0.145. The van der Waals surface area contributed by atoms with Gasteiger partial charge in [0.2, 0.25) is 13.3 Å². The van der Waals surface area contributed by atoms with Crippen molar-refractivity contribution >= 4 is 18.8 Å². The summed E-state index contributed by atoms with van der Waals surface area (Å²) in [6, 6.07) is 5.54. The fourth-order valence-corrected chi connectivity index (χ4v) is 3.24. The van der Waals surface area contributed by atoms with E-state index in [1.165, 1.54) is 18.2 Å². The van der Waals surface area contributed by atoms with Gasteiger partial charge in [-0.1, -0.05) is 36.3 Å². The van der Waals surface area contributed by atoms with Crippen LogP contribution in [-0.2, 0) is 11.0 Å². The molecule has 22 heavy (non-hydrogen) atoms. The molecule has 1 N–H and O–H groups in total. The Morgan fingerprint density at radius 1 is 1.27 bits per heavy atom. The van der Waals surface area contributed by atoms with Crippen LogP contribution in [0.2, 0.25) is 0 Å². The van der Waals surface area contributed by atoms with Gasteiger partial charge in [0.25, 0.3) is 0 Å². The van der Waals surface area contributed by atoms with Gasteiger partial charge in [0.1, 0.15) is 0 Å². The number of hydrogen-bond acceptors (Lipinski definition) is 2. The largest absolute Gasteiger partial charge is 0.416 e. The molecule has 0 bridgehead atoms. The summed E-state index contributed by atoms with van der Waals surface area (Å²) in [7, 11) is 0.646. The number of benzene rings is 1. The second kappa shape index (κ2) is 5.46. The predicted octanol–water partition coefficient (Wildman–Crippen LogP) is 0.915. The standard InChI is InChI=1S/C15H16BF3N2O/c1-2-13(22)20-14-11-7-21(8-12(11)14)16-10-5-3-9(4-6-10)15(17,18)19/h2-6,11-12,14,16H,1,7-8H2,(H,20,22)/t11-,12+,14?. The summed E-state index contributed by atoms with van der Waals surface area (Å²) in [5.41, 5.74) is 0.258. The highest BCUT2D eigenvalue weighted by Crippen LogP contribution is 2.45. The number of amides is 1. The molecule has 0 radical (unpaired) electrons. The van der Waals surface area contributed by atoms with E-state index in [4.69, 9.17) is 0 Å². The van der Waals surface area contributed by atoms with Crippen molar-refractivity contribution in [1.29, 1.82) is 0 Å². The quantitative estimate of drug-likeness (QED) is 0.662. The predicted molar refractivity (Wildman–Crippen MR) is 78.9 cm³/mol. The van der Waals surface area contributed by atoms with Crippen LogP contribution in [0.3, 0.4) is 0 Å². The minimum atomic E-state index is -4.29. The van der Waals surface area contributed by atoms with Gasteiger partial charge in [-0.25, -0.2) is 0 Å². The molecule has 116 valence electrons. The number of alkyl halides is 3. The lowest BCUT2D eigenvalue weighted by Crippen LogP contribution is -2.39. The molecule has 1 heterocycles. The number of piperidine rings is 1. The van der Waals surface area contributed by atoms with E-state index in [-0.39, 0.29) is 11.9 Å². The van der Waals surface area contributed by atoms with Crippen molar-refractivity contribution in [1.82, 2.24) is 10.1 Å². The van der Waals surface area contributed by atoms with Crippen LogP contribution in [0.5, 0.6) is 0 Å². The maximum absolute atomic E-state index is 12.5. The SMILES string of the molecule is C=CC(=O)NC1[C@H]2CN(Bc3ccc(C(F)(F)F)cc3)C[C@@H]12. The third-order valence-corrected chi connectivity index (χ3v) is 4.45. The summed E-state index contributed by atoms with van der Waals surface area (Å²) in [4.78, 5) is 13.5. The van der Waals surface area contributed by atoms with E-state index in [9.17, 15) is 18.0 Å². The molecule has 1 saturated carbocycles. The highest BCUT2D eigenvalue weighted by Gasteiger charge is 2.55. The number of nitrogens with one attached hydrogen (secondary N) is 1. The number of carbonyl (C=O) groups excluding carboxylic acids is 1. The van der Waals surface area contributed by atoms with Gasteiger partial charge >= 0.3 is 6.18 Å². The lowest BCUT2D eigenvalue weighted by molar-refractivity contribution is -0.137. The van der Waals surface area contributed by atoms with Gasteiger partial charge in [0.15, 0.2) is 0 Å². The fraction of sp³-hybridized carbons (Fsp3) is 0.400. The summed E-state index contributed by atoms with van der Waals surface area (Å²) in [5, 5.41) is 2.91. The first kappa shape index (κ1) is 15.2. The van der Waals surface area contributed by atoms with E-state index in [0.717, 1.165) is 30.7 Å². The number of fused-ring (bicyclic) bond motifs is 1. The minimum Gasteiger partial charge on any atom is -0.349 e. The molecule has 2 fully saturated rings. The Morgan fingerprint density at radius 3 is 2.36 bits per heavy atom. The molecule has 3 rings (SSSR count). The summed E-state index contributed by atoms with van der Waals surface area (Å²) < 4.78 is 37.5. The Morgan fingerprint density at radius 2 is 1.86 bits per heavy atom. The van der Waals surface area contributed by atoms with E-state index < -0.39 is 11.7 Å². The van der Waals surface area contributed by atoms with Crippen LogP contribution in [-0.4, -0.2) is 37.3 Å². The van der Waals surface area contributed by atoms with Gasteiger partial charge in [-0.05, 0) is 31.0 Å². The molecule has 1 aromatic rings. The number of carbonyl (C=O) groups is 1. The van der Waals surface area contributed by atoms with Crippen molar-refractivity contribution in [2.45, 2.75) is 12.2 Å². The molecule has 1 saturated heterocycles. The maximum atomic E-state index is 12.5. The summed E-state index contributed by atoms with van der Waals surface area (Å²) in [6.45, 7) is 5.17. The number of nitrogens with zero attached hydrogens (tertiary/aromatic N) is 1. The Labute approximate surface area is 127 Å². The van der Waals surface area contributed by atoms with Crippen molar-refractivity contribution in [2.24, 2.45) is 11.8 Å². The van der Waals surface area contributed by atoms with Crippen LogP contribution in [0.1, 0.15) is 5.56 Å². The Balaban J connectivity index is 1.51. The average molecular weight is 308 g/mol. The van der Waals surface area contributed by atoms with Crippen LogP contribution < -0.4 is 10.8 Å². The second-order valence-corrected chi connectivity index (χ2v) is 5.95. The van der Waals surface area contributed by atoms with Gasteiger partial charge in [-0.15, -0.1) is 0 Å². The van der Waals surface area contributed by atoms with Crippen LogP contribution in [0, 0.1) is 11.8 Å². The van der Waals surface area contributed by atoms with Crippen molar-refractivity contribution in [3.63, 3.8) is 0 Å². The van der Waals surface area contributed by atoms with E-state index in [1.54, 1.807) is 0 Å². The Kier molecular flexibility index (Phi) is 3.76. The monoisotopic (exact) mass is 308 g/mol. The average Bonchev–Trinajstić information content (AvgIpc) is 2.92. The molecule has 0 aromatic heterocycles. The number of rotatable bonds is 4. The topological polar surface area (TPSA) is 32.3 Å². The van der Waals surface area contributed by atoms with Crippen molar-refractivity contribution in [3.8, 4) is 0 Å². The normalized spacial score (nSPS) is 27.1. The maximum Gasteiger partial charge on any atom is 0.416 e. The molecule has 0 spiro atoms. The summed E-state index contributed by atoms with van der Waals surface area (Å²) >= 11 is 0. The lowest BCUT2D eigenvalue weighted by atomic mass is 9.80. The van der Waals surface area contributed by atoms with Gasteiger partial charge in [-0.2, -0.15) is 13.2 Å². The van der Waals surface area contributed by atoms with E-state index in [1.807, 2.05) is 0 Å². The third kappa shape index (κ3) is 3.04. The highest BCUT2D eigenvalue weighted by molar-refractivity contribution is 6.50. The zero-order valence-corrected chi connectivity index (χ0v) is 11.9. The van der Waals surface area contributed by atoms with Crippen LogP contribution in [0.4, 0.5) is 13.2 Å². The van der Waals surface area contributed by atoms with Crippen LogP contribution >= 0.6 is 0 Å². The summed E-state index contributed by atoms with van der Waals surface area (Å²) in [6.07, 6.45) is -3.02. The number of hydrogen-bond donors (Lipinski definition) is 1. The molecular weight excluding hydrogens is 292 g/mol. The molecule has 2 aliphatic rings. The first-order valence-corrected chi connectivity index (χ1v) is 7.20. The van der Waals surface area contributed by atoms with E-state index in [0.29, 0.717) is 19.3 Å².